The van der Waals surface area contributed by atoms with Crippen LogP contribution >= 0.6 is 11.8 Å². The standard InChI is InChI=1S/C13H26N2O2S/c1-4-17-12(11(2)3)5-6-14-13(16)15-7-9-18-10-8-15/h11-12H,4-10H2,1-3H3,(H,14,16)/t12-/m1/s1. The lowest BCUT2D eigenvalue weighted by atomic mass is 10.0. The molecule has 1 N–H and O–H groups in total. The van der Waals surface area contributed by atoms with Gasteiger partial charge in [0, 0.05) is 37.7 Å². The Morgan fingerprint density at radius 3 is 2.61 bits per heavy atom. The van der Waals surface area contributed by atoms with E-state index < -0.39 is 0 Å². The zero-order valence-electron chi connectivity index (χ0n) is 11.8. The molecular weight excluding hydrogens is 248 g/mol. The molecule has 0 aromatic carbocycles. The average molecular weight is 274 g/mol. The van der Waals surface area contributed by atoms with Gasteiger partial charge in [0.25, 0.3) is 0 Å². The summed E-state index contributed by atoms with van der Waals surface area (Å²) in [6.45, 7) is 9.50. The lowest BCUT2D eigenvalue weighted by Gasteiger charge is -2.27. The van der Waals surface area contributed by atoms with Crippen LogP contribution in [0.5, 0.6) is 0 Å². The highest BCUT2D eigenvalue weighted by Gasteiger charge is 2.17. The maximum atomic E-state index is 11.9. The summed E-state index contributed by atoms with van der Waals surface area (Å²) >= 11 is 1.91. The first kappa shape index (κ1) is 15.6. The molecule has 1 saturated heterocycles. The van der Waals surface area contributed by atoms with Gasteiger partial charge in [-0.3, -0.25) is 0 Å². The van der Waals surface area contributed by atoms with Crippen molar-refractivity contribution in [3.63, 3.8) is 0 Å². The third kappa shape index (κ3) is 5.48. The largest absolute Gasteiger partial charge is 0.378 e. The zero-order chi connectivity index (χ0) is 13.4. The van der Waals surface area contributed by atoms with Gasteiger partial charge in [0.15, 0.2) is 0 Å². The third-order valence-electron chi connectivity index (χ3n) is 3.13. The summed E-state index contributed by atoms with van der Waals surface area (Å²) in [4.78, 5) is 13.8. The van der Waals surface area contributed by atoms with Crippen LogP contribution in [-0.4, -0.2) is 54.8 Å². The Morgan fingerprint density at radius 2 is 2.06 bits per heavy atom. The van der Waals surface area contributed by atoms with Gasteiger partial charge in [-0.05, 0) is 19.3 Å². The Hall–Kier alpha value is -0.420. The fourth-order valence-corrected chi connectivity index (χ4v) is 2.93. The number of carbonyl (C=O) groups excluding carboxylic acids is 1. The summed E-state index contributed by atoms with van der Waals surface area (Å²) in [5.41, 5.74) is 0. The summed E-state index contributed by atoms with van der Waals surface area (Å²) in [6.07, 6.45) is 1.13. The first-order chi connectivity index (χ1) is 8.65. The van der Waals surface area contributed by atoms with Crippen LogP contribution in [0, 0.1) is 5.92 Å². The van der Waals surface area contributed by atoms with Crippen LogP contribution in [0.2, 0.25) is 0 Å². The minimum Gasteiger partial charge on any atom is -0.378 e. The molecule has 0 unspecified atom stereocenters. The van der Waals surface area contributed by atoms with Crippen LogP contribution in [0.3, 0.4) is 0 Å². The van der Waals surface area contributed by atoms with Crippen LogP contribution in [0.1, 0.15) is 27.2 Å². The molecule has 1 aliphatic heterocycles. The second-order valence-electron chi connectivity index (χ2n) is 4.86. The molecule has 18 heavy (non-hydrogen) atoms. The molecule has 0 aromatic heterocycles. The summed E-state index contributed by atoms with van der Waals surface area (Å²) in [6, 6.07) is 0.0781. The molecule has 1 atom stereocenters. The highest BCUT2D eigenvalue weighted by molar-refractivity contribution is 7.99. The molecule has 0 saturated carbocycles. The van der Waals surface area contributed by atoms with Gasteiger partial charge in [0.05, 0.1) is 6.10 Å². The smallest absolute Gasteiger partial charge is 0.317 e. The van der Waals surface area contributed by atoms with Crippen molar-refractivity contribution in [1.82, 2.24) is 10.2 Å². The Labute approximate surface area is 115 Å². The summed E-state index contributed by atoms with van der Waals surface area (Å²) < 4.78 is 5.66. The molecule has 0 spiro atoms. The topological polar surface area (TPSA) is 41.6 Å². The molecule has 1 heterocycles. The lowest BCUT2D eigenvalue weighted by molar-refractivity contribution is 0.0254. The molecule has 0 aromatic rings. The van der Waals surface area contributed by atoms with Gasteiger partial charge < -0.3 is 15.0 Å². The van der Waals surface area contributed by atoms with E-state index in [1.54, 1.807) is 0 Å². The Balaban J connectivity index is 2.20. The van der Waals surface area contributed by atoms with Crippen molar-refractivity contribution in [3.8, 4) is 0 Å². The predicted octanol–water partition coefficient (Wildman–Crippen LogP) is 2.20. The van der Waals surface area contributed by atoms with Crippen LogP contribution in [0.4, 0.5) is 4.79 Å². The van der Waals surface area contributed by atoms with E-state index in [0.29, 0.717) is 12.5 Å². The minimum absolute atomic E-state index is 0.0781. The number of urea groups is 1. The highest BCUT2D eigenvalue weighted by atomic mass is 32.2. The van der Waals surface area contributed by atoms with Gasteiger partial charge in [0.2, 0.25) is 0 Å². The van der Waals surface area contributed by atoms with Crippen molar-refractivity contribution < 1.29 is 9.53 Å². The molecule has 1 rings (SSSR count). The van der Waals surface area contributed by atoms with Crippen molar-refractivity contribution in [2.24, 2.45) is 5.92 Å². The number of nitrogens with one attached hydrogen (secondary N) is 1. The van der Waals surface area contributed by atoms with E-state index in [1.165, 1.54) is 0 Å². The second-order valence-corrected chi connectivity index (χ2v) is 6.08. The van der Waals surface area contributed by atoms with E-state index >= 15 is 0 Å². The van der Waals surface area contributed by atoms with Crippen molar-refractivity contribution in [2.45, 2.75) is 33.3 Å². The molecular formula is C13H26N2O2S. The number of carbonyl (C=O) groups is 1. The van der Waals surface area contributed by atoms with E-state index in [1.807, 2.05) is 23.6 Å². The van der Waals surface area contributed by atoms with Gasteiger partial charge in [-0.25, -0.2) is 4.79 Å². The Morgan fingerprint density at radius 1 is 1.39 bits per heavy atom. The van der Waals surface area contributed by atoms with Gasteiger partial charge in [-0.2, -0.15) is 11.8 Å². The molecule has 1 aliphatic rings. The van der Waals surface area contributed by atoms with Crippen molar-refractivity contribution in [1.29, 1.82) is 0 Å². The van der Waals surface area contributed by atoms with Crippen LogP contribution in [-0.2, 0) is 4.74 Å². The van der Waals surface area contributed by atoms with Crippen molar-refractivity contribution >= 4 is 17.8 Å². The number of amides is 2. The quantitative estimate of drug-likeness (QED) is 0.807. The average Bonchev–Trinajstić information content (AvgIpc) is 2.38. The molecule has 2 amide bonds. The van der Waals surface area contributed by atoms with Gasteiger partial charge in [0.1, 0.15) is 0 Å². The number of nitrogens with zero attached hydrogens (tertiary/aromatic N) is 1. The third-order valence-corrected chi connectivity index (χ3v) is 4.07. The van der Waals surface area contributed by atoms with Gasteiger partial charge in [-0.1, -0.05) is 13.8 Å². The summed E-state index contributed by atoms with van der Waals surface area (Å²) in [7, 11) is 0. The van der Waals surface area contributed by atoms with Gasteiger partial charge >= 0.3 is 6.03 Å². The first-order valence-corrected chi connectivity index (χ1v) is 8.02. The number of rotatable bonds is 6. The van der Waals surface area contributed by atoms with E-state index in [-0.39, 0.29) is 12.1 Å². The number of ether oxygens (including phenoxy) is 1. The molecule has 1 fully saturated rings. The van der Waals surface area contributed by atoms with E-state index in [4.69, 9.17) is 4.74 Å². The van der Waals surface area contributed by atoms with E-state index in [0.717, 1.165) is 37.6 Å². The molecule has 106 valence electrons. The fourth-order valence-electron chi connectivity index (χ4n) is 2.02. The number of thioether (sulfide) groups is 1. The summed E-state index contributed by atoms with van der Waals surface area (Å²) in [5, 5.41) is 2.99. The normalized spacial score (nSPS) is 17.9. The lowest BCUT2D eigenvalue weighted by Crippen LogP contribution is -2.45. The Bertz CT molecular complexity index is 243. The fraction of sp³-hybridized carbons (Fsp3) is 0.923. The van der Waals surface area contributed by atoms with Crippen molar-refractivity contribution in [3.05, 3.63) is 0 Å². The molecule has 5 heteroatoms. The number of hydrogen-bond acceptors (Lipinski definition) is 3. The highest BCUT2D eigenvalue weighted by Crippen LogP contribution is 2.11. The molecule has 4 nitrogen and oxygen atoms in total. The monoisotopic (exact) mass is 274 g/mol. The molecule has 0 aliphatic carbocycles. The maximum absolute atomic E-state index is 11.9. The van der Waals surface area contributed by atoms with E-state index in [2.05, 4.69) is 19.2 Å². The predicted molar refractivity (Wildman–Crippen MR) is 77.2 cm³/mol. The van der Waals surface area contributed by atoms with Crippen LogP contribution in [0.15, 0.2) is 0 Å². The SMILES string of the molecule is CCO[C@H](CCNC(=O)N1CCSCC1)C(C)C. The van der Waals surface area contributed by atoms with Gasteiger partial charge in [-0.15, -0.1) is 0 Å². The summed E-state index contributed by atoms with van der Waals surface area (Å²) in [5.74, 6) is 2.61. The van der Waals surface area contributed by atoms with Crippen LogP contribution in [0.25, 0.3) is 0 Å². The van der Waals surface area contributed by atoms with Crippen LogP contribution < -0.4 is 5.32 Å². The second kappa shape index (κ2) is 8.64. The maximum Gasteiger partial charge on any atom is 0.317 e. The first-order valence-electron chi connectivity index (χ1n) is 6.87. The van der Waals surface area contributed by atoms with Crippen molar-refractivity contribution in [2.75, 3.05) is 37.7 Å². The number of hydrogen-bond donors (Lipinski definition) is 1. The Kier molecular flexibility index (Phi) is 7.51. The minimum atomic E-state index is 0.0781. The molecule has 0 bridgehead atoms. The van der Waals surface area contributed by atoms with E-state index in [9.17, 15) is 4.79 Å². The zero-order valence-corrected chi connectivity index (χ0v) is 12.6. The molecule has 0 radical (unpaired) electrons.